The van der Waals surface area contributed by atoms with Crippen LogP contribution < -0.4 is 10.6 Å². The first-order valence-electron chi connectivity index (χ1n) is 10.7. The highest BCUT2D eigenvalue weighted by Gasteiger charge is 2.12. The van der Waals surface area contributed by atoms with Crippen LogP contribution in [-0.4, -0.2) is 21.8 Å². The Kier molecular flexibility index (Phi) is 6.23. The van der Waals surface area contributed by atoms with Crippen molar-refractivity contribution in [2.24, 2.45) is 0 Å². The first kappa shape index (κ1) is 22.7. The molecule has 1 heterocycles. The predicted molar refractivity (Wildman–Crippen MR) is 140 cm³/mol. The molecule has 5 rings (SSSR count). The number of fused-ring (bicyclic) bond motifs is 1. The van der Waals surface area contributed by atoms with Gasteiger partial charge in [-0.1, -0.05) is 41.4 Å². The second kappa shape index (κ2) is 9.62. The summed E-state index contributed by atoms with van der Waals surface area (Å²) < 4.78 is 0. The number of rotatable bonds is 5. The highest BCUT2D eigenvalue weighted by Crippen LogP contribution is 2.25. The molecule has 0 unspecified atom stereocenters. The Bertz CT molecular complexity index is 1550. The fourth-order valence-electron chi connectivity index (χ4n) is 3.56. The number of nitrogens with zero attached hydrogens (tertiary/aromatic N) is 1. The Morgan fingerprint density at radius 2 is 1.31 bits per heavy atom. The third kappa shape index (κ3) is 5.04. The van der Waals surface area contributed by atoms with Crippen molar-refractivity contribution >= 4 is 57.4 Å². The van der Waals surface area contributed by atoms with E-state index in [0.717, 1.165) is 16.8 Å². The summed E-state index contributed by atoms with van der Waals surface area (Å²) in [7, 11) is 0. The SMILES string of the molecule is O=C(Nc1ccc(-c2nc3cc(C(=O)Nc4ccccc4)ccc3[nH]2)cc1)c1ccc(Cl)c(Cl)c1. The van der Waals surface area contributed by atoms with Gasteiger partial charge in [0.05, 0.1) is 21.1 Å². The van der Waals surface area contributed by atoms with Crippen LogP contribution in [0, 0.1) is 0 Å². The zero-order chi connectivity index (χ0) is 24.4. The fourth-order valence-corrected chi connectivity index (χ4v) is 3.86. The molecule has 0 aliphatic carbocycles. The minimum absolute atomic E-state index is 0.204. The lowest BCUT2D eigenvalue weighted by atomic mass is 10.1. The Balaban J connectivity index is 1.31. The predicted octanol–water partition coefficient (Wildman–Crippen LogP) is 7.04. The molecule has 0 saturated carbocycles. The summed E-state index contributed by atoms with van der Waals surface area (Å²) in [5.41, 5.74) is 4.61. The molecule has 5 aromatic rings. The van der Waals surface area contributed by atoms with Crippen molar-refractivity contribution in [1.29, 1.82) is 0 Å². The average molecular weight is 501 g/mol. The van der Waals surface area contributed by atoms with Gasteiger partial charge in [0.1, 0.15) is 5.82 Å². The maximum Gasteiger partial charge on any atom is 0.255 e. The average Bonchev–Trinajstić information content (AvgIpc) is 3.30. The molecule has 0 spiro atoms. The van der Waals surface area contributed by atoms with Crippen LogP contribution in [0.25, 0.3) is 22.4 Å². The lowest BCUT2D eigenvalue weighted by molar-refractivity contribution is 0.101. The van der Waals surface area contributed by atoms with E-state index in [0.29, 0.717) is 38.2 Å². The molecule has 0 aliphatic rings. The largest absolute Gasteiger partial charge is 0.338 e. The van der Waals surface area contributed by atoms with E-state index in [1.165, 1.54) is 6.07 Å². The number of nitrogens with one attached hydrogen (secondary N) is 3. The third-order valence-corrected chi connectivity index (χ3v) is 6.11. The molecule has 0 fully saturated rings. The molecule has 6 nitrogen and oxygen atoms in total. The van der Waals surface area contributed by atoms with Crippen LogP contribution >= 0.6 is 23.2 Å². The van der Waals surface area contributed by atoms with Gasteiger partial charge < -0.3 is 15.6 Å². The Morgan fingerprint density at radius 1 is 0.686 bits per heavy atom. The minimum Gasteiger partial charge on any atom is -0.338 e. The molecule has 4 aromatic carbocycles. The topological polar surface area (TPSA) is 86.9 Å². The summed E-state index contributed by atoms with van der Waals surface area (Å²) in [6.45, 7) is 0. The Hall–Kier alpha value is -4.13. The van der Waals surface area contributed by atoms with Crippen molar-refractivity contribution in [3.05, 3.63) is 112 Å². The molecule has 172 valence electrons. The van der Waals surface area contributed by atoms with Gasteiger partial charge in [0.25, 0.3) is 11.8 Å². The normalized spacial score (nSPS) is 10.8. The van der Waals surface area contributed by atoms with Crippen molar-refractivity contribution in [2.45, 2.75) is 0 Å². The van der Waals surface area contributed by atoms with Crippen LogP contribution in [0.15, 0.2) is 91.0 Å². The van der Waals surface area contributed by atoms with Crippen molar-refractivity contribution in [2.75, 3.05) is 10.6 Å². The van der Waals surface area contributed by atoms with Crippen LogP contribution in [0.3, 0.4) is 0 Å². The summed E-state index contributed by atoms with van der Waals surface area (Å²) in [5, 5.41) is 6.42. The summed E-state index contributed by atoms with van der Waals surface area (Å²) in [4.78, 5) is 33.0. The Morgan fingerprint density at radius 3 is 2.00 bits per heavy atom. The van der Waals surface area contributed by atoms with Crippen LogP contribution in [0.4, 0.5) is 11.4 Å². The second-order valence-electron chi connectivity index (χ2n) is 7.80. The van der Waals surface area contributed by atoms with Gasteiger partial charge in [-0.3, -0.25) is 9.59 Å². The molecular formula is C27H18Cl2N4O2. The maximum absolute atomic E-state index is 12.6. The van der Waals surface area contributed by atoms with E-state index in [-0.39, 0.29) is 11.8 Å². The molecule has 0 radical (unpaired) electrons. The quantitative estimate of drug-likeness (QED) is 0.241. The maximum atomic E-state index is 12.6. The van der Waals surface area contributed by atoms with Gasteiger partial charge in [-0.2, -0.15) is 0 Å². The zero-order valence-corrected chi connectivity index (χ0v) is 19.7. The summed E-state index contributed by atoms with van der Waals surface area (Å²) >= 11 is 11.9. The number of carbonyl (C=O) groups excluding carboxylic acids is 2. The number of para-hydroxylation sites is 1. The number of hydrogen-bond donors (Lipinski definition) is 3. The van der Waals surface area contributed by atoms with Crippen LogP contribution in [-0.2, 0) is 0 Å². The number of aromatic nitrogens is 2. The zero-order valence-electron chi connectivity index (χ0n) is 18.2. The summed E-state index contributed by atoms with van der Waals surface area (Å²) in [6.07, 6.45) is 0. The lowest BCUT2D eigenvalue weighted by Gasteiger charge is -2.07. The molecule has 0 bridgehead atoms. The first-order chi connectivity index (χ1) is 17.0. The number of anilines is 2. The van der Waals surface area contributed by atoms with Crippen molar-refractivity contribution in [1.82, 2.24) is 9.97 Å². The van der Waals surface area contributed by atoms with Crippen LogP contribution in [0.5, 0.6) is 0 Å². The lowest BCUT2D eigenvalue weighted by Crippen LogP contribution is -2.11. The smallest absolute Gasteiger partial charge is 0.255 e. The number of imidazole rings is 1. The highest BCUT2D eigenvalue weighted by atomic mass is 35.5. The Labute approximate surface area is 210 Å². The van der Waals surface area contributed by atoms with Gasteiger partial charge in [-0.15, -0.1) is 0 Å². The van der Waals surface area contributed by atoms with E-state index in [1.54, 1.807) is 36.4 Å². The number of carbonyl (C=O) groups is 2. The molecule has 3 N–H and O–H groups in total. The molecule has 1 aromatic heterocycles. The van der Waals surface area contributed by atoms with Gasteiger partial charge in [0, 0.05) is 28.1 Å². The second-order valence-corrected chi connectivity index (χ2v) is 8.61. The number of hydrogen-bond acceptors (Lipinski definition) is 3. The van der Waals surface area contributed by atoms with E-state index in [2.05, 4.69) is 20.6 Å². The molecule has 0 saturated heterocycles. The van der Waals surface area contributed by atoms with E-state index >= 15 is 0 Å². The molecule has 2 amide bonds. The monoisotopic (exact) mass is 500 g/mol. The summed E-state index contributed by atoms with van der Waals surface area (Å²) in [6, 6.07) is 26.6. The van der Waals surface area contributed by atoms with Crippen LogP contribution in [0.2, 0.25) is 10.0 Å². The molecule has 0 atom stereocenters. The molecule has 0 aliphatic heterocycles. The van der Waals surface area contributed by atoms with E-state index < -0.39 is 0 Å². The van der Waals surface area contributed by atoms with Gasteiger partial charge in [-0.05, 0) is 72.8 Å². The van der Waals surface area contributed by atoms with Crippen LogP contribution in [0.1, 0.15) is 20.7 Å². The number of benzene rings is 4. The summed E-state index contributed by atoms with van der Waals surface area (Å²) in [5.74, 6) is 0.161. The standard InChI is InChI=1S/C27H18Cl2N4O2/c28-21-12-8-17(14-22(21)29)26(34)31-20-10-6-16(7-11-20)25-32-23-13-9-18(15-24(23)33-25)27(35)30-19-4-2-1-3-5-19/h1-15H,(H,30,35)(H,31,34)(H,32,33). The van der Waals surface area contributed by atoms with Gasteiger partial charge in [0.2, 0.25) is 0 Å². The van der Waals surface area contributed by atoms with Crippen molar-refractivity contribution in [3.63, 3.8) is 0 Å². The van der Waals surface area contributed by atoms with Gasteiger partial charge in [-0.25, -0.2) is 4.98 Å². The highest BCUT2D eigenvalue weighted by molar-refractivity contribution is 6.42. The fraction of sp³-hybridized carbons (Fsp3) is 0. The van der Waals surface area contributed by atoms with Crippen molar-refractivity contribution in [3.8, 4) is 11.4 Å². The molecule has 35 heavy (non-hydrogen) atoms. The van der Waals surface area contributed by atoms with E-state index in [1.807, 2.05) is 48.5 Å². The third-order valence-electron chi connectivity index (χ3n) is 5.37. The van der Waals surface area contributed by atoms with Gasteiger partial charge in [0.15, 0.2) is 0 Å². The van der Waals surface area contributed by atoms with Gasteiger partial charge >= 0.3 is 0 Å². The van der Waals surface area contributed by atoms with E-state index in [4.69, 9.17) is 23.2 Å². The number of amides is 2. The minimum atomic E-state index is -0.290. The first-order valence-corrected chi connectivity index (χ1v) is 11.4. The molecular weight excluding hydrogens is 483 g/mol. The van der Waals surface area contributed by atoms with Crippen molar-refractivity contribution < 1.29 is 9.59 Å². The number of H-pyrrole nitrogens is 1. The molecule has 8 heteroatoms. The number of aromatic amines is 1. The number of halogens is 2. The van der Waals surface area contributed by atoms with E-state index in [9.17, 15) is 9.59 Å².